The molecule has 28 heavy (non-hydrogen) atoms. The Hall–Kier alpha value is -1.70. The lowest BCUT2D eigenvalue weighted by Crippen LogP contribution is -2.32. The van der Waals surface area contributed by atoms with Crippen LogP contribution in [0, 0.1) is 19.7 Å². The summed E-state index contributed by atoms with van der Waals surface area (Å²) in [6.07, 6.45) is 1.03. The van der Waals surface area contributed by atoms with Crippen LogP contribution in [0.4, 0.5) is 10.1 Å². The molecule has 0 radical (unpaired) electrons. The summed E-state index contributed by atoms with van der Waals surface area (Å²) in [5.41, 5.74) is 3.50. The first-order valence-electron chi connectivity index (χ1n) is 9.60. The van der Waals surface area contributed by atoms with Gasteiger partial charge in [0.2, 0.25) is 0 Å². The fraction of sp³-hybridized carbons (Fsp3) is 0.500. The number of aryl methyl sites for hydroxylation is 1. The number of nitrogens with one attached hydrogen (secondary N) is 2. The van der Waals surface area contributed by atoms with Gasteiger partial charge in [-0.1, -0.05) is 31.5 Å². The average molecular weight is 426 g/mol. The van der Waals surface area contributed by atoms with Crippen LogP contribution in [-0.4, -0.2) is 46.0 Å². The second-order valence-corrected chi connectivity index (χ2v) is 7.52. The first kappa shape index (κ1) is 22.6. The molecular formula is C20H29ClFN5S. The molecule has 0 saturated heterocycles. The molecule has 2 aromatic rings. The van der Waals surface area contributed by atoms with Crippen LogP contribution in [0.5, 0.6) is 0 Å². The van der Waals surface area contributed by atoms with Crippen molar-refractivity contribution in [1.82, 2.24) is 20.0 Å². The maximum Gasteiger partial charge on any atom is 0.170 e. The van der Waals surface area contributed by atoms with Crippen molar-refractivity contribution in [2.75, 3.05) is 31.5 Å². The van der Waals surface area contributed by atoms with Crippen LogP contribution < -0.4 is 10.6 Å². The number of benzene rings is 1. The van der Waals surface area contributed by atoms with E-state index in [1.807, 2.05) is 18.5 Å². The summed E-state index contributed by atoms with van der Waals surface area (Å²) in [6.45, 7) is 12.7. The van der Waals surface area contributed by atoms with E-state index < -0.39 is 0 Å². The topological polar surface area (TPSA) is 45.1 Å². The second kappa shape index (κ2) is 10.7. The van der Waals surface area contributed by atoms with Crippen LogP contribution in [0.1, 0.15) is 37.2 Å². The zero-order valence-electron chi connectivity index (χ0n) is 17.0. The van der Waals surface area contributed by atoms with Gasteiger partial charge in [0, 0.05) is 11.6 Å². The Bertz CT molecular complexity index is 804. The van der Waals surface area contributed by atoms with Crippen molar-refractivity contribution < 1.29 is 4.39 Å². The number of rotatable bonds is 9. The molecule has 2 rings (SSSR count). The van der Waals surface area contributed by atoms with E-state index in [9.17, 15) is 4.39 Å². The maximum absolute atomic E-state index is 13.2. The van der Waals surface area contributed by atoms with Crippen LogP contribution >= 0.6 is 23.8 Å². The highest BCUT2D eigenvalue weighted by Crippen LogP contribution is 2.23. The van der Waals surface area contributed by atoms with Gasteiger partial charge in [-0.2, -0.15) is 5.10 Å². The second-order valence-electron chi connectivity index (χ2n) is 6.70. The minimum atomic E-state index is -0.345. The van der Waals surface area contributed by atoms with Crippen molar-refractivity contribution in [3.63, 3.8) is 0 Å². The molecule has 0 aliphatic heterocycles. The molecule has 0 aliphatic rings. The fourth-order valence-electron chi connectivity index (χ4n) is 3.05. The molecule has 2 N–H and O–H groups in total. The molecule has 1 aromatic heterocycles. The Kier molecular flexibility index (Phi) is 8.66. The average Bonchev–Trinajstić information content (AvgIpc) is 2.91. The van der Waals surface area contributed by atoms with E-state index in [1.165, 1.54) is 12.1 Å². The van der Waals surface area contributed by atoms with Gasteiger partial charge in [0.1, 0.15) is 5.82 Å². The van der Waals surface area contributed by atoms with E-state index >= 15 is 0 Å². The van der Waals surface area contributed by atoms with Crippen molar-refractivity contribution in [3.8, 4) is 0 Å². The van der Waals surface area contributed by atoms with Gasteiger partial charge in [-0.25, -0.2) is 4.39 Å². The normalized spacial score (nSPS) is 11.1. The third-order valence-electron chi connectivity index (χ3n) is 4.79. The summed E-state index contributed by atoms with van der Waals surface area (Å²) in [5, 5.41) is 12.1. The summed E-state index contributed by atoms with van der Waals surface area (Å²) in [7, 11) is 0. The van der Waals surface area contributed by atoms with Crippen molar-refractivity contribution >= 4 is 34.6 Å². The predicted octanol–water partition coefficient (Wildman–Crippen LogP) is 4.36. The molecule has 0 atom stereocenters. The lowest BCUT2D eigenvalue weighted by Gasteiger charge is -2.18. The molecule has 0 spiro atoms. The molecule has 0 unspecified atom stereocenters. The Balaban J connectivity index is 1.94. The number of anilines is 1. The van der Waals surface area contributed by atoms with Crippen molar-refractivity contribution in [2.45, 2.75) is 40.7 Å². The first-order valence-corrected chi connectivity index (χ1v) is 10.4. The molecule has 5 nitrogen and oxygen atoms in total. The highest BCUT2D eigenvalue weighted by Gasteiger charge is 2.14. The van der Waals surface area contributed by atoms with Crippen LogP contribution in [-0.2, 0) is 6.54 Å². The van der Waals surface area contributed by atoms with Gasteiger partial charge in [-0.15, -0.1) is 0 Å². The fourth-order valence-corrected chi connectivity index (χ4v) is 3.48. The van der Waals surface area contributed by atoms with Gasteiger partial charge in [0.05, 0.1) is 23.6 Å². The largest absolute Gasteiger partial charge is 0.362 e. The molecule has 8 heteroatoms. The van der Waals surface area contributed by atoms with Gasteiger partial charge in [0.25, 0.3) is 0 Å². The number of thiocarbonyl (C=S) groups is 1. The van der Waals surface area contributed by atoms with Crippen molar-refractivity contribution in [2.24, 2.45) is 0 Å². The minimum Gasteiger partial charge on any atom is -0.362 e. The summed E-state index contributed by atoms with van der Waals surface area (Å²) in [6, 6.07) is 4.41. The van der Waals surface area contributed by atoms with Gasteiger partial charge < -0.3 is 15.5 Å². The van der Waals surface area contributed by atoms with Crippen molar-refractivity contribution in [1.29, 1.82) is 0 Å². The highest BCUT2D eigenvalue weighted by molar-refractivity contribution is 7.80. The van der Waals surface area contributed by atoms with Crippen molar-refractivity contribution in [3.05, 3.63) is 46.0 Å². The summed E-state index contributed by atoms with van der Waals surface area (Å²) >= 11 is 11.6. The van der Waals surface area contributed by atoms with Gasteiger partial charge in [-0.05, 0) is 69.8 Å². The molecule has 0 fully saturated rings. The van der Waals surface area contributed by atoms with E-state index in [4.69, 9.17) is 23.8 Å². The number of hydrogen-bond donors (Lipinski definition) is 2. The number of halogens is 2. The molecule has 1 aromatic carbocycles. The SMILES string of the molecule is CCN(CC)CCCNC(=S)Nc1c(C)nn(Cc2ccc(F)cc2Cl)c1C. The highest BCUT2D eigenvalue weighted by atomic mass is 35.5. The van der Waals surface area contributed by atoms with E-state index in [0.29, 0.717) is 16.7 Å². The quantitative estimate of drug-likeness (QED) is 0.461. The summed E-state index contributed by atoms with van der Waals surface area (Å²) in [4.78, 5) is 2.39. The Morgan fingerprint density at radius 3 is 2.64 bits per heavy atom. The standard InChI is InChI=1S/C20H29ClFN5S/c1-5-26(6-2)11-7-10-23-20(28)24-19-14(3)25-27(15(19)4)13-16-8-9-17(22)12-18(16)21/h8-9,12H,5-7,10-11,13H2,1-4H3,(H2,23,24,28). The van der Waals surface area contributed by atoms with Gasteiger partial charge in [-0.3, -0.25) is 4.68 Å². The maximum atomic E-state index is 13.2. The number of hydrogen-bond acceptors (Lipinski definition) is 3. The lowest BCUT2D eigenvalue weighted by atomic mass is 10.2. The minimum absolute atomic E-state index is 0.345. The third-order valence-corrected chi connectivity index (χ3v) is 5.38. The smallest absolute Gasteiger partial charge is 0.170 e. The zero-order valence-corrected chi connectivity index (χ0v) is 18.6. The first-order chi connectivity index (χ1) is 13.3. The molecule has 0 saturated carbocycles. The molecule has 0 amide bonds. The van der Waals surface area contributed by atoms with E-state index in [0.717, 1.165) is 55.2 Å². The van der Waals surface area contributed by atoms with E-state index in [1.54, 1.807) is 6.07 Å². The van der Waals surface area contributed by atoms with E-state index in [2.05, 4.69) is 34.5 Å². The van der Waals surface area contributed by atoms with Crippen LogP contribution in [0.3, 0.4) is 0 Å². The monoisotopic (exact) mass is 425 g/mol. The third kappa shape index (κ3) is 6.15. The molecule has 0 aliphatic carbocycles. The van der Waals surface area contributed by atoms with Crippen LogP contribution in [0.15, 0.2) is 18.2 Å². The van der Waals surface area contributed by atoms with Gasteiger partial charge in [0.15, 0.2) is 5.11 Å². The van der Waals surface area contributed by atoms with Crippen LogP contribution in [0.2, 0.25) is 5.02 Å². The van der Waals surface area contributed by atoms with Gasteiger partial charge >= 0.3 is 0 Å². The number of aromatic nitrogens is 2. The van der Waals surface area contributed by atoms with Crippen LogP contribution in [0.25, 0.3) is 0 Å². The zero-order chi connectivity index (χ0) is 20.7. The molecular weight excluding hydrogens is 397 g/mol. The van der Waals surface area contributed by atoms with E-state index in [-0.39, 0.29) is 5.82 Å². The molecule has 154 valence electrons. The Labute approximate surface area is 177 Å². The Morgan fingerprint density at radius 2 is 2.00 bits per heavy atom. The Morgan fingerprint density at radius 1 is 1.29 bits per heavy atom. The lowest BCUT2D eigenvalue weighted by molar-refractivity contribution is 0.300. The molecule has 0 bridgehead atoms. The number of nitrogens with zero attached hydrogens (tertiary/aromatic N) is 3. The summed E-state index contributed by atoms with van der Waals surface area (Å²) < 4.78 is 15.1. The summed E-state index contributed by atoms with van der Waals surface area (Å²) in [5.74, 6) is -0.345. The predicted molar refractivity (Wildman–Crippen MR) is 119 cm³/mol. The molecule has 1 heterocycles.